The molecule has 0 bridgehead atoms. The Morgan fingerprint density at radius 1 is 0.750 bits per heavy atom. The van der Waals surface area contributed by atoms with Crippen LogP contribution < -0.4 is 11.5 Å². The monoisotopic (exact) mass is 440 g/mol. The van der Waals surface area contributed by atoms with Crippen LogP contribution >= 0.6 is 0 Å². The third-order valence-corrected chi connectivity index (χ3v) is 5.59. The van der Waals surface area contributed by atoms with Crippen molar-refractivity contribution < 1.29 is 35.1 Å². The smallest absolute Gasteiger partial charge is 0.241 e. The zero-order valence-electron chi connectivity index (χ0n) is 17.0. The van der Waals surface area contributed by atoms with E-state index in [1.54, 1.807) is 0 Å². The van der Waals surface area contributed by atoms with Crippen molar-refractivity contribution in [1.29, 1.82) is 0 Å². The van der Waals surface area contributed by atoms with Gasteiger partial charge >= 0.3 is 0 Å². The lowest BCUT2D eigenvalue weighted by molar-refractivity contribution is -0.114. The van der Waals surface area contributed by atoms with Gasteiger partial charge in [-0.15, -0.1) is 0 Å². The van der Waals surface area contributed by atoms with Gasteiger partial charge in [0.2, 0.25) is 11.8 Å². The molecule has 0 aromatic heterocycles. The minimum atomic E-state index is -0.853. The van der Waals surface area contributed by atoms with Gasteiger partial charge in [-0.05, 0) is 77.4 Å². The van der Waals surface area contributed by atoms with Crippen LogP contribution in [0.5, 0.6) is 23.0 Å². The fourth-order valence-corrected chi connectivity index (χ4v) is 4.21. The van der Waals surface area contributed by atoms with Gasteiger partial charge < -0.3 is 37.0 Å². The van der Waals surface area contributed by atoms with E-state index in [9.17, 15) is 35.1 Å². The second kappa shape index (κ2) is 9.03. The number of nitrogens with two attached hydrogens (primary N) is 2. The van der Waals surface area contributed by atoms with Crippen molar-refractivity contribution >= 4 is 24.0 Å². The molecule has 1 aliphatic rings. The standard InChI is InChI=1S/C23H24N2O7/c24-21(31)5-1-11-7-17(27)19(29)9-14(11)13-3-4-16(26)23(13)15-10-20(30)18(28)8-12(15)2-6-22(25)32/h1-2,5-10,13,16,23,26-30H,3-4H2,(H2,24,31)(H2,25,32)/b5-1+,6-2+/t13-,16+,23+/m1/s1. The number of benzene rings is 2. The number of aromatic hydroxyl groups is 4. The summed E-state index contributed by atoms with van der Waals surface area (Å²) in [5.74, 6) is -4.01. The lowest BCUT2D eigenvalue weighted by Gasteiger charge is -2.26. The molecule has 1 saturated carbocycles. The molecule has 9 heteroatoms. The molecular weight excluding hydrogens is 416 g/mol. The molecule has 3 rings (SSSR count). The molecule has 1 aliphatic carbocycles. The minimum absolute atomic E-state index is 0.368. The summed E-state index contributed by atoms with van der Waals surface area (Å²) in [6.45, 7) is 0. The van der Waals surface area contributed by atoms with Crippen LogP contribution in [0.15, 0.2) is 36.4 Å². The number of hydrogen-bond acceptors (Lipinski definition) is 7. The fourth-order valence-electron chi connectivity index (χ4n) is 4.21. The van der Waals surface area contributed by atoms with E-state index in [1.165, 1.54) is 36.4 Å². The summed E-state index contributed by atoms with van der Waals surface area (Å²) in [6, 6.07) is 5.20. The van der Waals surface area contributed by atoms with Gasteiger partial charge in [-0.25, -0.2) is 0 Å². The largest absolute Gasteiger partial charge is 0.504 e. The first-order chi connectivity index (χ1) is 15.1. The van der Waals surface area contributed by atoms with Gasteiger partial charge in [0.1, 0.15) is 0 Å². The van der Waals surface area contributed by atoms with Crippen LogP contribution in [0.1, 0.15) is 46.9 Å². The lowest BCUT2D eigenvalue weighted by atomic mass is 9.79. The third-order valence-electron chi connectivity index (χ3n) is 5.59. The van der Waals surface area contributed by atoms with Crippen molar-refractivity contribution in [2.24, 2.45) is 11.5 Å². The predicted molar refractivity (Wildman–Crippen MR) is 117 cm³/mol. The van der Waals surface area contributed by atoms with E-state index in [4.69, 9.17) is 11.5 Å². The van der Waals surface area contributed by atoms with Crippen LogP contribution in [0.25, 0.3) is 12.2 Å². The Labute approximate surface area is 183 Å². The van der Waals surface area contributed by atoms with Gasteiger partial charge in [0.05, 0.1) is 6.10 Å². The summed E-state index contributed by atoms with van der Waals surface area (Å²) < 4.78 is 0. The number of amides is 2. The summed E-state index contributed by atoms with van der Waals surface area (Å²) in [5.41, 5.74) is 12.1. The van der Waals surface area contributed by atoms with E-state index in [0.717, 1.165) is 12.2 Å². The Hall–Kier alpha value is -3.98. The molecule has 2 aromatic rings. The lowest BCUT2D eigenvalue weighted by Crippen LogP contribution is -2.18. The second-order valence-electron chi connectivity index (χ2n) is 7.69. The van der Waals surface area contributed by atoms with Gasteiger partial charge in [-0.2, -0.15) is 0 Å². The number of phenols is 4. The summed E-state index contributed by atoms with van der Waals surface area (Å²) in [6.07, 6.45) is 5.00. The highest BCUT2D eigenvalue weighted by Crippen LogP contribution is 2.51. The normalized spacial score (nSPS) is 20.8. The molecule has 9 nitrogen and oxygen atoms in total. The molecule has 0 unspecified atom stereocenters. The number of rotatable bonds is 6. The van der Waals surface area contributed by atoms with Crippen molar-refractivity contribution in [1.82, 2.24) is 0 Å². The SMILES string of the molecule is NC(=O)/C=C/c1cc(O)c(O)cc1[C@@H]1[C@@H](c2cc(O)c(O)cc2/C=C/C(N)=O)CC[C@@H]1O. The van der Waals surface area contributed by atoms with Crippen LogP contribution in [0.4, 0.5) is 0 Å². The average molecular weight is 440 g/mol. The van der Waals surface area contributed by atoms with Gasteiger partial charge in [-0.3, -0.25) is 9.59 Å². The number of primary amides is 2. The second-order valence-corrected chi connectivity index (χ2v) is 7.69. The number of aliphatic hydroxyl groups is 1. The fraction of sp³-hybridized carbons (Fsp3) is 0.217. The van der Waals surface area contributed by atoms with Crippen LogP contribution in [-0.4, -0.2) is 43.5 Å². The van der Waals surface area contributed by atoms with E-state index >= 15 is 0 Å². The summed E-state index contributed by atoms with van der Waals surface area (Å²) in [4.78, 5) is 22.4. The maximum absolute atomic E-state index is 11.2. The van der Waals surface area contributed by atoms with Crippen molar-refractivity contribution in [3.8, 4) is 23.0 Å². The summed E-state index contributed by atoms with van der Waals surface area (Å²) in [7, 11) is 0. The molecule has 0 aliphatic heterocycles. The van der Waals surface area contributed by atoms with E-state index < -0.39 is 41.3 Å². The Balaban J connectivity index is 2.18. The molecule has 9 N–H and O–H groups in total. The Morgan fingerprint density at radius 2 is 1.19 bits per heavy atom. The molecule has 1 fully saturated rings. The highest BCUT2D eigenvalue weighted by molar-refractivity contribution is 5.91. The third kappa shape index (κ3) is 4.68. The molecule has 2 aromatic carbocycles. The Bertz CT molecular complexity index is 1120. The van der Waals surface area contributed by atoms with E-state index in [0.29, 0.717) is 35.1 Å². The van der Waals surface area contributed by atoms with Crippen molar-refractivity contribution in [2.45, 2.75) is 30.8 Å². The highest BCUT2D eigenvalue weighted by Gasteiger charge is 2.39. The number of carbonyl (C=O) groups is 2. The van der Waals surface area contributed by atoms with Gasteiger partial charge in [0.15, 0.2) is 23.0 Å². The molecule has 168 valence electrons. The van der Waals surface area contributed by atoms with Crippen LogP contribution in [0, 0.1) is 0 Å². The van der Waals surface area contributed by atoms with Gasteiger partial charge in [0, 0.05) is 18.1 Å². The van der Waals surface area contributed by atoms with Crippen LogP contribution in [0.2, 0.25) is 0 Å². The topological polar surface area (TPSA) is 187 Å². The Kier molecular flexibility index (Phi) is 6.40. The first-order valence-electron chi connectivity index (χ1n) is 9.83. The average Bonchev–Trinajstić information content (AvgIpc) is 3.10. The predicted octanol–water partition coefficient (Wildman–Crippen LogP) is 1.53. The first-order valence-corrected chi connectivity index (χ1v) is 9.83. The number of phenolic OH excluding ortho intramolecular Hbond substituents is 4. The molecule has 0 radical (unpaired) electrons. The molecule has 32 heavy (non-hydrogen) atoms. The van der Waals surface area contributed by atoms with Crippen LogP contribution in [0.3, 0.4) is 0 Å². The zero-order valence-corrected chi connectivity index (χ0v) is 17.0. The van der Waals surface area contributed by atoms with E-state index in [1.807, 2.05) is 0 Å². The number of carbonyl (C=O) groups excluding carboxylic acids is 2. The maximum Gasteiger partial charge on any atom is 0.241 e. The Morgan fingerprint density at radius 3 is 1.69 bits per heavy atom. The van der Waals surface area contributed by atoms with Crippen LogP contribution in [-0.2, 0) is 9.59 Å². The zero-order chi connectivity index (χ0) is 23.6. The van der Waals surface area contributed by atoms with Crippen molar-refractivity contribution in [3.63, 3.8) is 0 Å². The first kappa shape index (κ1) is 22.7. The minimum Gasteiger partial charge on any atom is -0.504 e. The van der Waals surface area contributed by atoms with Crippen molar-refractivity contribution in [3.05, 3.63) is 58.7 Å². The number of hydrogen-bond donors (Lipinski definition) is 7. The molecule has 3 atom stereocenters. The van der Waals surface area contributed by atoms with E-state index in [-0.39, 0.29) is 11.5 Å². The van der Waals surface area contributed by atoms with Gasteiger partial charge in [0.25, 0.3) is 0 Å². The quantitative estimate of drug-likeness (QED) is 0.262. The molecule has 0 saturated heterocycles. The summed E-state index contributed by atoms with van der Waals surface area (Å²) in [5, 5.41) is 50.9. The molecule has 0 spiro atoms. The molecular formula is C23H24N2O7. The molecule has 2 amide bonds. The number of aliphatic hydroxyl groups excluding tert-OH is 1. The van der Waals surface area contributed by atoms with E-state index in [2.05, 4.69) is 0 Å². The maximum atomic E-state index is 11.2. The highest BCUT2D eigenvalue weighted by atomic mass is 16.3. The van der Waals surface area contributed by atoms with Crippen molar-refractivity contribution in [2.75, 3.05) is 0 Å². The summed E-state index contributed by atoms with van der Waals surface area (Å²) >= 11 is 0. The molecule has 0 heterocycles. The van der Waals surface area contributed by atoms with Gasteiger partial charge in [-0.1, -0.05) is 0 Å².